The van der Waals surface area contributed by atoms with E-state index < -0.39 is 10.0 Å². The normalized spacial score (nSPS) is 14.6. The van der Waals surface area contributed by atoms with Crippen molar-refractivity contribution in [1.82, 2.24) is 4.31 Å². The highest BCUT2D eigenvalue weighted by Gasteiger charge is 2.20. The Bertz CT molecular complexity index is 241. The van der Waals surface area contributed by atoms with Crippen molar-refractivity contribution in [3.05, 3.63) is 0 Å². The zero-order chi connectivity index (χ0) is 11.2. The van der Waals surface area contributed by atoms with Gasteiger partial charge in [-0.3, -0.25) is 0 Å². The Hall–Kier alpha value is 0.200. The standard InChI is InChI=1S/C9H20ClNO2S/c1-4-9(3)8-11(5-2)14(12,13)7-6-10/h9H,4-8H2,1-3H3. The summed E-state index contributed by atoms with van der Waals surface area (Å²) in [6, 6.07) is 0. The molecule has 0 aromatic rings. The highest BCUT2D eigenvalue weighted by Crippen LogP contribution is 2.09. The van der Waals surface area contributed by atoms with Crippen LogP contribution in [0, 0.1) is 5.92 Å². The monoisotopic (exact) mass is 241 g/mol. The van der Waals surface area contributed by atoms with E-state index in [9.17, 15) is 8.42 Å². The van der Waals surface area contributed by atoms with E-state index in [0.717, 1.165) is 6.42 Å². The molecule has 0 spiro atoms. The van der Waals surface area contributed by atoms with Gasteiger partial charge in [-0.15, -0.1) is 11.6 Å². The zero-order valence-electron chi connectivity index (χ0n) is 9.16. The van der Waals surface area contributed by atoms with Gasteiger partial charge in [0, 0.05) is 19.0 Å². The van der Waals surface area contributed by atoms with Crippen LogP contribution in [0.15, 0.2) is 0 Å². The van der Waals surface area contributed by atoms with Gasteiger partial charge in [-0.25, -0.2) is 12.7 Å². The summed E-state index contributed by atoms with van der Waals surface area (Å²) < 4.78 is 24.8. The van der Waals surface area contributed by atoms with Gasteiger partial charge >= 0.3 is 0 Å². The first-order chi connectivity index (χ1) is 6.47. The maximum atomic E-state index is 11.7. The van der Waals surface area contributed by atoms with E-state index in [4.69, 9.17) is 11.6 Å². The third-order valence-electron chi connectivity index (χ3n) is 2.29. The lowest BCUT2D eigenvalue weighted by molar-refractivity contribution is 0.362. The van der Waals surface area contributed by atoms with Crippen molar-refractivity contribution in [3.63, 3.8) is 0 Å². The molecule has 0 rings (SSSR count). The molecule has 0 radical (unpaired) electrons. The van der Waals surface area contributed by atoms with Crippen LogP contribution < -0.4 is 0 Å². The Balaban J connectivity index is 4.40. The number of halogens is 1. The summed E-state index contributed by atoms with van der Waals surface area (Å²) in [7, 11) is -3.13. The molecule has 0 heterocycles. The summed E-state index contributed by atoms with van der Waals surface area (Å²) in [5.41, 5.74) is 0. The lowest BCUT2D eigenvalue weighted by Crippen LogP contribution is -2.36. The van der Waals surface area contributed by atoms with E-state index in [-0.39, 0.29) is 11.6 Å². The average molecular weight is 242 g/mol. The summed E-state index contributed by atoms with van der Waals surface area (Å²) >= 11 is 5.45. The van der Waals surface area contributed by atoms with E-state index in [0.29, 0.717) is 19.0 Å². The van der Waals surface area contributed by atoms with E-state index >= 15 is 0 Å². The maximum absolute atomic E-state index is 11.7. The first-order valence-corrected chi connectivity index (χ1v) is 7.16. The number of rotatable bonds is 7. The molecule has 0 bridgehead atoms. The lowest BCUT2D eigenvalue weighted by Gasteiger charge is -2.22. The van der Waals surface area contributed by atoms with Crippen molar-refractivity contribution >= 4 is 21.6 Å². The molecule has 0 amide bonds. The van der Waals surface area contributed by atoms with Gasteiger partial charge < -0.3 is 0 Å². The second-order valence-electron chi connectivity index (χ2n) is 3.47. The van der Waals surface area contributed by atoms with Gasteiger partial charge in [-0.2, -0.15) is 0 Å². The minimum atomic E-state index is -3.13. The molecular weight excluding hydrogens is 222 g/mol. The molecule has 0 aliphatic heterocycles. The van der Waals surface area contributed by atoms with Gasteiger partial charge in [0.2, 0.25) is 10.0 Å². The van der Waals surface area contributed by atoms with Crippen LogP contribution in [-0.2, 0) is 10.0 Å². The molecule has 0 saturated carbocycles. The van der Waals surface area contributed by atoms with Crippen molar-refractivity contribution in [1.29, 1.82) is 0 Å². The predicted octanol–water partition coefficient (Wildman–Crippen LogP) is 1.92. The first-order valence-electron chi connectivity index (χ1n) is 5.01. The van der Waals surface area contributed by atoms with Crippen LogP contribution in [-0.4, -0.2) is 37.4 Å². The second kappa shape index (κ2) is 6.64. The van der Waals surface area contributed by atoms with Crippen molar-refractivity contribution in [3.8, 4) is 0 Å². The van der Waals surface area contributed by atoms with Crippen LogP contribution in [0.1, 0.15) is 27.2 Å². The topological polar surface area (TPSA) is 37.4 Å². The second-order valence-corrected chi connectivity index (χ2v) is 5.94. The van der Waals surface area contributed by atoms with Gasteiger partial charge in [-0.1, -0.05) is 27.2 Å². The Kier molecular flexibility index (Phi) is 6.74. The fourth-order valence-electron chi connectivity index (χ4n) is 1.14. The largest absolute Gasteiger partial charge is 0.215 e. The van der Waals surface area contributed by atoms with Crippen LogP contribution in [0.25, 0.3) is 0 Å². The van der Waals surface area contributed by atoms with Crippen molar-refractivity contribution in [2.24, 2.45) is 5.92 Å². The van der Waals surface area contributed by atoms with Crippen LogP contribution in [0.5, 0.6) is 0 Å². The molecule has 1 unspecified atom stereocenters. The van der Waals surface area contributed by atoms with E-state index in [1.54, 1.807) is 0 Å². The van der Waals surface area contributed by atoms with E-state index in [2.05, 4.69) is 13.8 Å². The molecule has 1 atom stereocenters. The molecule has 0 aromatic heterocycles. The first kappa shape index (κ1) is 14.2. The highest BCUT2D eigenvalue weighted by molar-refractivity contribution is 7.89. The number of alkyl halides is 1. The smallest absolute Gasteiger partial charge is 0.212 e. The van der Waals surface area contributed by atoms with Crippen LogP contribution in [0.4, 0.5) is 0 Å². The average Bonchev–Trinajstić information content (AvgIpc) is 2.13. The van der Waals surface area contributed by atoms with Crippen molar-refractivity contribution in [2.45, 2.75) is 27.2 Å². The van der Waals surface area contributed by atoms with Crippen molar-refractivity contribution in [2.75, 3.05) is 24.7 Å². The fourth-order valence-corrected chi connectivity index (χ4v) is 3.06. The Morgan fingerprint density at radius 3 is 2.29 bits per heavy atom. The molecule has 0 aliphatic carbocycles. The molecule has 0 fully saturated rings. The van der Waals surface area contributed by atoms with Crippen molar-refractivity contribution < 1.29 is 8.42 Å². The Labute approximate surface area is 92.5 Å². The lowest BCUT2D eigenvalue weighted by atomic mass is 10.1. The number of sulfonamides is 1. The maximum Gasteiger partial charge on any atom is 0.215 e. The van der Waals surface area contributed by atoms with Crippen LogP contribution in [0.3, 0.4) is 0 Å². The molecule has 0 saturated heterocycles. The van der Waals surface area contributed by atoms with Crippen LogP contribution >= 0.6 is 11.6 Å². The van der Waals surface area contributed by atoms with Gasteiger partial charge in [0.1, 0.15) is 0 Å². The summed E-state index contributed by atoms with van der Waals surface area (Å²) in [6.07, 6.45) is 0.993. The predicted molar refractivity (Wildman–Crippen MR) is 61.2 cm³/mol. The molecule has 0 N–H and O–H groups in total. The quantitative estimate of drug-likeness (QED) is 0.639. The molecule has 14 heavy (non-hydrogen) atoms. The van der Waals surface area contributed by atoms with Gasteiger partial charge in [0.25, 0.3) is 0 Å². The molecular formula is C9H20ClNO2S. The van der Waals surface area contributed by atoms with E-state index in [1.807, 2.05) is 6.92 Å². The SMILES string of the molecule is CCC(C)CN(CC)S(=O)(=O)CCCl. The third-order valence-corrected chi connectivity index (χ3v) is 4.62. The van der Waals surface area contributed by atoms with Crippen LogP contribution in [0.2, 0.25) is 0 Å². The number of hydrogen-bond donors (Lipinski definition) is 0. The van der Waals surface area contributed by atoms with E-state index in [1.165, 1.54) is 4.31 Å². The summed E-state index contributed by atoms with van der Waals surface area (Å²) in [5, 5.41) is 0. The minimum absolute atomic E-state index is 0.0405. The molecule has 86 valence electrons. The highest BCUT2D eigenvalue weighted by atomic mass is 35.5. The van der Waals surface area contributed by atoms with Gasteiger partial charge in [-0.05, 0) is 5.92 Å². The number of hydrogen-bond acceptors (Lipinski definition) is 2. The molecule has 0 aliphatic rings. The molecule has 3 nitrogen and oxygen atoms in total. The minimum Gasteiger partial charge on any atom is -0.212 e. The Morgan fingerprint density at radius 1 is 1.36 bits per heavy atom. The summed E-state index contributed by atoms with van der Waals surface area (Å²) in [4.78, 5) is 0. The summed E-state index contributed by atoms with van der Waals surface area (Å²) in [5.74, 6) is 0.609. The third kappa shape index (κ3) is 4.62. The fraction of sp³-hybridized carbons (Fsp3) is 1.00. The number of nitrogens with zero attached hydrogens (tertiary/aromatic N) is 1. The molecule has 5 heteroatoms. The zero-order valence-corrected chi connectivity index (χ0v) is 10.7. The van der Waals surface area contributed by atoms with Gasteiger partial charge in [0.15, 0.2) is 0 Å². The van der Waals surface area contributed by atoms with Gasteiger partial charge in [0.05, 0.1) is 5.75 Å². The molecule has 0 aromatic carbocycles. The summed E-state index contributed by atoms with van der Waals surface area (Å²) in [6.45, 7) is 7.11. The Morgan fingerprint density at radius 2 is 1.93 bits per heavy atom.